The van der Waals surface area contributed by atoms with E-state index in [4.69, 9.17) is 16.6 Å². The number of carbonyl (C=O) groups is 2. The predicted octanol–water partition coefficient (Wildman–Crippen LogP) is 8.80. The molecule has 6 aromatic rings. The third-order valence-electron chi connectivity index (χ3n) is 10.6. The standard InChI is InChI=1S/C22H26N6O.C12H17ClN4O.C10H7F3N2/c1-6-17-21(29)26(5)18-13-24-22(25-20(18)28(17)14(2)3)27-12-11-23-19(27)16-9-7-15(4)8-10-16;1-5-8-11(18)16(4)9-6-14-12(13)15-10(9)17(8)7(2)3;11-10(12,13)8-3-1-7(2-4-8)9-14-5-6-15-9/h7-14,17H,6H2,1-5H3;6-8H,5H2,1-4H3;1-6H,(H,14,15)/t17-;8-;/m11./s1. The van der Waals surface area contributed by atoms with Crippen molar-refractivity contribution in [1.29, 1.82) is 0 Å². The van der Waals surface area contributed by atoms with Crippen molar-refractivity contribution in [3.05, 3.63) is 102 Å². The molecule has 4 aromatic heterocycles. The van der Waals surface area contributed by atoms with Gasteiger partial charge in [0.05, 0.1) is 18.0 Å². The molecule has 2 amide bonds. The highest BCUT2D eigenvalue weighted by molar-refractivity contribution is 6.28. The van der Waals surface area contributed by atoms with E-state index in [9.17, 15) is 22.8 Å². The van der Waals surface area contributed by atoms with E-state index >= 15 is 0 Å². The summed E-state index contributed by atoms with van der Waals surface area (Å²) < 4.78 is 38.6. The second-order valence-corrected chi connectivity index (χ2v) is 15.7. The molecule has 14 nitrogen and oxygen atoms in total. The van der Waals surface area contributed by atoms with Crippen LogP contribution in [-0.2, 0) is 15.8 Å². The molecule has 0 bridgehead atoms. The zero-order chi connectivity index (χ0) is 45.0. The molecular formula is C44H50ClF3N12O2. The largest absolute Gasteiger partial charge is 0.416 e. The lowest BCUT2D eigenvalue weighted by atomic mass is 10.1. The van der Waals surface area contributed by atoms with E-state index < -0.39 is 11.7 Å². The summed E-state index contributed by atoms with van der Waals surface area (Å²) >= 11 is 5.87. The highest BCUT2D eigenvalue weighted by atomic mass is 35.5. The van der Waals surface area contributed by atoms with Gasteiger partial charge in [-0.1, -0.05) is 55.8 Å². The number of halogens is 4. The van der Waals surface area contributed by atoms with Crippen LogP contribution in [-0.4, -0.2) is 89.5 Å². The van der Waals surface area contributed by atoms with Gasteiger partial charge in [-0.3, -0.25) is 14.2 Å². The molecule has 2 atom stereocenters. The first-order valence-electron chi connectivity index (χ1n) is 20.3. The smallest absolute Gasteiger partial charge is 0.345 e. The van der Waals surface area contributed by atoms with Gasteiger partial charge in [0.1, 0.15) is 35.1 Å². The molecule has 2 aliphatic rings. The van der Waals surface area contributed by atoms with Crippen LogP contribution in [0.4, 0.5) is 36.2 Å². The molecule has 0 spiro atoms. The maximum absolute atomic E-state index is 12.8. The fourth-order valence-corrected chi connectivity index (χ4v) is 7.59. The predicted molar refractivity (Wildman–Crippen MR) is 236 cm³/mol. The normalized spacial score (nSPS) is 16.2. The first-order valence-corrected chi connectivity index (χ1v) is 20.6. The minimum atomic E-state index is -4.29. The Morgan fingerprint density at radius 3 is 1.76 bits per heavy atom. The van der Waals surface area contributed by atoms with Crippen LogP contribution in [0.5, 0.6) is 0 Å². The maximum atomic E-state index is 12.8. The average Bonchev–Trinajstić information content (AvgIpc) is 3.97. The number of carbonyl (C=O) groups excluding carboxylic acids is 2. The zero-order valence-corrected chi connectivity index (χ0v) is 36.8. The highest BCUT2D eigenvalue weighted by Gasteiger charge is 2.39. The fraction of sp³-hybridized carbons (Fsp3) is 0.364. The number of likely N-dealkylation sites (N-methyl/N-ethyl adjacent to an activating group) is 2. The third kappa shape index (κ3) is 9.27. The zero-order valence-electron chi connectivity index (χ0n) is 36.1. The monoisotopic (exact) mass is 870 g/mol. The molecule has 2 aliphatic heterocycles. The Bertz CT molecular complexity index is 2470. The summed E-state index contributed by atoms with van der Waals surface area (Å²) in [6, 6.07) is 13.0. The maximum Gasteiger partial charge on any atom is 0.416 e. The van der Waals surface area contributed by atoms with Crippen molar-refractivity contribution in [2.24, 2.45) is 0 Å². The van der Waals surface area contributed by atoms with E-state index in [2.05, 4.69) is 67.7 Å². The molecule has 18 heteroatoms. The number of anilines is 4. The lowest BCUT2D eigenvalue weighted by molar-refractivity contribution is -0.137. The Balaban J connectivity index is 0.000000167. The summed E-state index contributed by atoms with van der Waals surface area (Å²) in [6.07, 6.45) is 7.29. The molecule has 1 N–H and O–H groups in total. The SMILES string of the molecule is CC[C@@H]1C(=O)N(C)c2cnc(-n3ccnc3-c3ccc(C)cc3)nc2N1C(C)C.CC[C@@H]1C(=O)N(C)c2cnc(Cl)nc2N1C(C)C.FC(F)(F)c1ccc(-c2ncc[nH]2)cc1. The minimum absolute atomic E-state index is 0.0737. The molecule has 62 heavy (non-hydrogen) atoms. The molecule has 6 heterocycles. The Labute approximate surface area is 363 Å². The number of imidazole rings is 2. The first kappa shape index (κ1) is 45.2. The van der Waals surface area contributed by atoms with Crippen LogP contribution in [0, 0.1) is 6.92 Å². The van der Waals surface area contributed by atoms with Crippen molar-refractivity contribution in [2.75, 3.05) is 33.7 Å². The number of nitrogens with zero attached hydrogens (tertiary/aromatic N) is 11. The van der Waals surface area contributed by atoms with E-state index in [0.29, 0.717) is 23.0 Å². The van der Waals surface area contributed by atoms with Crippen molar-refractivity contribution in [2.45, 2.75) is 91.7 Å². The molecule has 0 radical (unpaired) electrons. The lowest BCUT2D eigenvalue weighted by Gasteiger charge is -2.42. The third-order valence-corrected chi connectivity index (χ3v) is 10.8. The van der Waals surface area contributed by atoms with Crippen molar-refractivity contribution in [1.82, 2.24) is 39.5 Å². The quantitative estimate of drug-likeness (QED) is 0.155. The molecule has 0 unspecified atom stereocenters. The number of hydrogen-bond donors (Lipinski definition) is 1. The van der Waals surface area contributed by atoms with Gasteiger partial charge in [-0.25, -0.2) is 19.9 Å². The number of nitrogens with one attached hydrogen (secondary N) is 1. The Morgan fingerprint density at radius 1 is 0.726 bits per heavy atom. The summed E-state index contributed by atoms with van der Waals surface area (Å²) in [5, 5.41) is 0.206. The van der Waals surface area contributed by atoms with Gasteiger partial charge in [-0.15, -0.1) is 0 Å². The molecule has 8 rings (SSSR count). The molecular weight excluding hydrogens is 821 g/mol. The van der Waals surface area contributed by atoms with Gasteiger partial charge in [0.25, 0.3) is 0 Å². The molecule has 326 valence electrons. The molecule has 0 fully saturated rings. The van der Waals surface area contributed by atoms with E-state index in [1.54, 1.807) is 54.9 Å². The fourth-order valence-electron chi connectivity index (χ4n) is 7.46. The van der Waals surface area contributed by atoms with Crippen LogP contribution >= 0.6 is 11.6 Å². The topological polar surface area (TPSA) is 145 Å². The van der Waals surface area contributed by atoms with Gasteiger partial charge in [0, 0.05) is 62.1 Å². The molecule has 2 aromatic carbocycles. The van der Waals surface area contributed by atoms with Crippen molar-refractivity contribution < 1.29 is 22.8 Å². The number of alkyl halides is 3. The second kappa shape index (κ2) is 18.7. The number of hydrogen-bond acceptors (Lipinski definition) is 10. The van der Waals surface area contributed by atoms with Crippen LogP contribution in [0.1, 0.15) is 65.5 Å². The average molecular weight is 871 g/mol. The van der Waals surface area contributed by atoms with Crippen molar-refractivity contribution in [3.63, 3.8) is 0 Å². The summed E-state index contributed by atoms with van der Waals surface area (Å²) in [5.74, 6) is 3.55. The highest BCUT2D eigenvalue weighted by Crippen LogP contribution is 2.38. The number of aromatic nitrogens is 8. The van der Waals surface area contributed by atoms with E-state index in [1.165, 1.54) is 17.7 Å². The van der Waals surface area contributed by atoms with Gasteiger partial charge < -0.3 is 24.6 Å². The number of benzene rings is 2. The lowest BCUT2D eigenvalue weighted by Crippen LogP contribution is -2.55. The van der Waals surface area contributed by atoms with Gasteiger partial charge in [-0.05, 0) is 71.2 Å². The summed E-state index contributed by atoms with van der Waals surface area (Å²) in [4.78, 5) is 61.5. The van der Waals surface area contributed by atoms with Crippen molar-refractivity contribution >= 4 is 46.4 Å². The number of aryl methyl sites for hydroxylation is 1. The summed E-state index contributed by atoms with van der Waals surface area (Å²) in [7, 11) is 3.54. The molecule has 0 aliphatic carbocycles. The molecule has 0 saturated heterocycles. The summed E-state index contributed by atoms with van der Waals surface area (Å²) in [6.45, 7) is 14.3. The van der Waals surface area contributed by atoms with E-state index in [1.807, 2.05) is 55.5 Å². The molecule has 0 saturated carbocycles. The van der Waals surface area contributed by atoms with Gasteiger partial charge in [0.2, 0.25) is 23.0 Å². The van der Waals surface area contributed by atoms with Crippen LogP contribution in [0.2, 0.25) is 5.28 Å². The van der Waals surface area contributed by atoms with Crippen LogP contribution in [0.25, 0.3) is 28.7 Å². The number of H-pyrrole nitrogens is 1. The summed E-state index contributed by atoms with van der Waals surface area (Å²) in [5.41, 5.74) is 3.62. The Morgan fingerprint density at radius 2 is 1.26 bits per heavy atom. The Kier molecular flexibility index (Phi) is 13.6. The van der Waals surface area contributed by atoms with Crippen molar-refractivity contribution in [3.8, 4) is 28.7 Å². The van der Waals surface area contributed by atoms with Crippen LogP contribution in [0.3, 0.4) is 0 Å². The van der Waals surface area contributed by atoms with Gasteiger partial charge >= 0.3 is 6.18 Å². The minimum Gasteiger partial charge on any atom is -0.345 e. The van der Waals surface area contributed by atoms with Gasteiger partial charge in [0.15, 0.2) is 11.6 Å². The van der Waals surface area contributed by atoms with E-state index in [-0.39, 0.29) is 41.3 Å². The number of rotatable bonds is 7. The second-order valence-electron chi connectivity index (χ2n) is 15.4. The first-order chi connectivity index (χ1) is 29.5. The number of amides is 2. The number of aromatic amines is 1. The van der Waals surface area contributed by atoms with Gasteiger partial charge in [-0.2, -0.15) is 23.1 Å². The van der Waals surface area contributed by atoms with Crippen LogP contribution < -0.4 is 19.6 Å². The van der Waals surface area contributed by atoms with E-state index in [0.717, 1.165) is 53.7 Å². The van der Waals surface area contributed by atoms with Crippen LogP contribution in [0.15, 0.2) is 85.7 Å². The number of fused-ring (bicyclic) bond motifs is 2. The Hall–Kier alpha value is -6.36.